The summed E-state index contributed by atoms with van der Waals surface area (Å²) in [5.41, 5.74) is 14.1. The monoisotopic (exact) mass is 796 g/mol. The summed E-state index contributed by atoms with van der Waals surface area (Å²) in [6, 6.07) is 36.2. The van der Waals surface area contributed by atoms with Crippen LogP contribution >= 0.6 is 17.0 Å². The van der Waals surface area contributed by atoms with E-state index in [0.717, 1.165) is 9.52 Å². The van der Waals surface area contributed by atoms with Crippen molar-refractivity contribution in [2.75, 3.05) is 0 Å². The minimum absolute atomic E-state index is 0.523. The van der Waals surface area contributed by atoms with Crippen LogP contribution in [0.5, 0.6) is 0 Å². The molecule has 2 radical (unpaired) electrons. The second-order valence-corrected chi connectivity index (χ2v) is 19.2. The quantitative estimate of drug-likeness (QED) is 0.116. The molecule has 0 heterocycles. The van der Waals surface area contributed by atoms with Gasteiger partial charge in [-0.3, -0.25) is 0 Å². The van der Waals surface area contributed by atoms with Crippen molar-refractivity contribution in [1.29, 1.82) is 0 Å². The first-order chi connectivity index (χ1) is 23.8. The van der Waals surface area contributed by atoms with Gasteiger partial charge in [0, 0.05) is 9.52 Å². The number of rotatable bonds is 6. The third-order valence-corrected chi connectivity index (χ3v) is 9.08. The first-order valence-corrected chi connectivity index (χ1v) is 26.3. The second-order valence-electron chi connectivity index (χ2n) is 14.5. The van der Waals surface area contributed by atoms with Crippen molar-refractivity contribution in [3.8, 4) is 22.3 Å². The van der Waals surface area contributed by atoms with Gasteiger partial charge >= 0.3 is 37.9 Å². The zero-order valence-electron chi connectivity index (χ0n) is 32.3. The number of benzene rings is 4. The van der Waals surface area contributed by atoms with Crippen molar-refractivity contribution in [1.82, 2.24) is 0 Å². The molecule has 0 aliphatic heterocycles. The Bertz CT molecular complexity index is 1800. The van der Waals surface area contributed by atoms with Crippen molar-refractivity contribution < 1.29 is 20.8 Å². The van der Waals surface area contributed by atoms with E-state index in [1.54, 1.807) is 0 Å². The number of halogens is 2. The standard InChI is InChI=1S/2C22H25.C2H6Si.2ClH.Zr/c2*1-14(2)18-8-6-7-9-20(18)22-19(15(3)4)11-10-17-12-16(5)13-21(17)22;1-3-2;;;/h2*6-15H,1-5H3;1-2H3;2*1H;/q2*-1;;;;+4/p-2. The van der Waals surface area contributed by atoms with E-state index in [1.165, 1.54) is 77.2 Å². The van der Waals surface area contributed by atoms with Gasteiger partial charge in [0.05, 0.1) is 0 Å². The van der Waals surface area contributed by atoms with Gasteiger partial charge in [-0.05, 0) is 45.9 Å². The predicted molar refractivity (Wildman–Crippen MR) is 225 cm³/mol. The van der Waals surface area contributed by atoms with Crippen molar-refractivity contribution in [2.45, 2.75) is 106 Å². The van der Waals surface area contributed by atoms with Crippen LogP contribution < -0.4 is 0 Å². The van der Waals surface area contributed by atoms with E-state index in [9.17, 15) is 0 Å². The van der Waals surface area contributed by atoms with Crippen LogP contribution in [0, 0.1) is 13.8 Å². The molecule has 0 unspecified atom stereocenters. The second kappa shape index (κ2) is 20.1. The van der Waals surface area contributed by atoms with Crippen LogP contribution in [-0.4, -0.2) is 9.52 Å². The number of hydrogen-bond acceptors (Lipinski definition) is 0. The molecule has 0 N–H and O–H groups in total. The van der Waals surface area contributed by atoms with E-state index in [2.05, 4.69) is 179 Å². The van der Waals surface area contributed by atoms with Gasteiger partial charge in [0.2, 0.25) is 0 Å². The molecule has 0 aliphatic carbocycles. The first-order valence-electron chi connectivity index (χ1n) is 17.9. The summed E-state index contributed by atoms with van der Waals surface area (Å²) in [6.07, 6.45) is 0. The fourth-order valence-electron chi connectivity index (χ4n) is 6.92. The van der Waals surface area contributed by atoms with Crippen LogP contribution in [0.2, 0.25) is 13.1 Å². The summed E-state index contributed by atoms with van der Waals surface area (Å²) in [5, 5.41) is 5.51. The molecule has 262 valence electrons. The Morgan fingerprint density at radius 3 is 1.10 bits per heavy atom. The van der Waals surface area contributed by atoms with Crippen molar-refractivity contribution in [3.63, 3.8) is 0 Å². The summed E-state index contributed by atoms with van der Waals surface area (Å²) >= 11 is -0.826. The number of fused-ring (bicyclic) bond motifs is 2. The molecule has 4 heteroatoms. The van der Waals surface area contributed by atoms with Gasteiger partial charge in [-0.25, -0.2) is 0 Å². The van der Waals surface area contributed by atoms with Gasteiger partial charge in [-0.1, -0.05) is 153 Å². The van der Waals surface area contributed by atoms with E-state index in [1.807, 2.05) is 0 Å². The van der Waals surface area contributed by atoms with Gasteiger partial charge in [-0.2, -0.15) is 12.1 Å². The predicted octanol–water partition coefficient (Wildman–Crippen LogP) is 15.7. The Labute approximate surface area is 325 Å². The fourth-order valence-corrected chi connectivity index (χ4v) is 6.92. The van der Waals surface area contributed by atoms with Crippen molar-refractivity contribution in [2.24, 2.45) is 0 Å². The summed E-state index contributed by atoms with van der Waals surface area (Å²) in [5.74, 6) is 2.11. The molecule has 50 heavy (non-hydrogen) atoms. The third-order valence-electron chi connectivity index (χ3n) is 9.08. The van der Waals surface area contributed by atoms with E-state index >= 15 is 0 Å². The van der Waals surface area contributed by atoms with E-state index in [4.69, 9.17) is 17.0 Å². The topological polar surface area (TPSA) is 0 Å². The zero-order chi connectivity index (χ0) is 37.1. The Hall–Kier alpha value is -2.22. The average molecular weight is 799 g/mol. The Kier molecular flexibility index (Phi) is 17.0. The molecule has 0 aromatic heterocycles. The number of aryl methyl sites for hydroxylation is 2. The molecule has 0 aliphatic rings. The van der Waals surface area contributed by atoms with E-state index < -0.39 is 20.8 Å². The maximum absolute atomic E-state index is 4.93. The van der Waals surface area contributed by atoms with Crippen molar-refractivity contribution in [3.05, 3.63) is 130 Å². The molecule has 0 saturated heterocycles. The summed E-state index contributed by atoms with van der Waals surface area (Å²) in [7, 11) is 11.0. The SMILES string of the molecule is C[Si]C.Cc1cc2c(-c3ccccc3C(C)C)c(C(C)C)ccc2[cH-]1.Cc1cc2c(-c3ccccc3C(C)C)c(C(C)C)ccc2[cH-]1.[Cl][Zr+2][Cl]. The molecule has 0 spiro atoms. The van der Waals surface area contributed by atoms with Crippen LogP contribution in [-0.2, 0) is 20.8 Å². The summed E-state index contributed by atoms with van der Waals surface area (Å²) in [6.45, 7) is 27.0. The Morgan fingerprint density at radius 1 is 0.500 bits per heavy atom. The van der Waals surface area contributed by atoms with Crippen LogP contribution in [0.3, 0.4) is 0 Å². The molecule has 6 aromatic carbocycles. The minimum atomic E-state index is -0.826. The van der Waals surface area contributed by atoms with Crippen LogP contribution in [0.4, 0.5) is 0 Å². The summed E-state index contributed by atoms with van der Waals surface area (Å²) in [4.78, 5) is 0. The zero-order valence-corrected chi connectivity index (χ0v) is 37.3. The van der Waals surface area contributed by atoms with Gasteiger partial charge < -0.3 is 0 Å². The van der Waals surface area contributed by atoms with Crippen molar-refractivity contribution >= 4 is 48.1 Å². The molecule has 6 rings (SSSR count). The van der Waals surface area contributed by atoms with Crippen LogP contribution in [0.25, 0.3) is 43.8 Å². The third kappa shape index (κ3) is 10.4. The molecule has 0 bridgehead atoms. The Balaban J connectivity index is 0.000000234. The van der Waals surface area contributed by atoms with Gasteiger partial charge in [-0.15, -0.1) is 69.1 Å². The molecule has 0 saturated carbocycles. The first kappa shape index (κ1) is 42.2. The molecular formula is C46H56Cl2SiZr. The van der Waals surface area contributed by atoms with Gasteiger partial charge in [0.15, 0.2) is 0 Å². The Morgan fingerprint density at radius 2 is 0.800 bits per heavy atom. The molecular weight excluding hydrogens is 743 g/mol. The van der Waals surface area contributed by atoms with Gasteiger partial charge in [0.1, 0.15) is 0 Å². The van der Waals surface area contributed by atoms with Crippen LogP contribution in [0.1, 0.15) is 112 Å². The average Bonchev–Trinajstić information content (AvgIpc) is 3.65. The van der Waals surface area contributed by atoms with E-state index in [0.29, 0.717) is 23.7 Å². The summed E-state index contributed by atoms with van der Waals surface area (Å²) < 4.78 is 0. The molecule has 0 nitrogen and oxygen atoms in total. The molecule has 0 fully saturated rings. The molecule has 0 amide bonds. The number of hydrogen-bond donors (Lipinski definition) is 0. The molecule has 0 atom stereocenters. The van der Waals surface area contributed by atoms with Gasteiger partial charge in [0.25, 0.3) is 0 Å². The van der Waals surface area contributed by atoms with Crippen LogP contribution in [0.15, 0.2) is 97.1 Å². The van der Waals surface area contributed by atoms with E-state index in [-0.39, 0.29) is 0 Å². The maximum atomic E-state index is 4.93. The molecule has 6 aromatic rings. The normalized spacial score (nSPS) is 10.9. The fraction of sp³-hybridized carbons (Fsp3) is 0.348.